The average molecular weight is 737 g/mol. The number of ether oxygens (including phenoxy) is 2. The third-order valence-corrected chi connectivity index (χ3v) is 8.77. The van der Waals surface area contributed by atoms with Gasteiger partial charge in [-0.3, -0.25) is 14.1 Å². The summed E-state index contributed by atoms with van der Waals surface area (Å²) in [6, 6.07) is 0. The van der Waals surface area contributed by atoms with Gasteiger partial charge < -0.3 is 19.3 Å². The molecule has 2 N–H and O–H groups in total. The van der Waals surface area contributed by atoms with Crippen LogP contribution in [0.3, 0.4) is 0 Å². The molecule has 9 heteroatoms. The smallest absolute Gasteiger partial charge is 0.462 e. The first-order valence-electron chi connectivity index (χ1n) is 20.1. The van der Waals surface area contributed by atoms with Crippen LogP contribution in [-0.4, -0.2) is 41.0 Å². The summed E-state index contributed by atoms with van der Waals surface area (Å²) in [5.41, 5.74) is 0. The SMILES string of the molecule is CC/C=C/C/C=C/C/C=C/CCCCCCCCCCCCC(=O)OCC(COP(=O)(O)O)OC(=O)CC/C=C/C/C=C/CCCCCCCC. The van der Waals surface area contributed by atoms with Gasteiger partial charge >= 0.3 is 19.8 Å². The van der Waals surface area contributed by atoms with Gasteiger partial charge in [0.15, 0.2) is 6.10 Å². The van der Waals surface area contributed by atoms with Gasteiger partial charge in [-0.2, -0.15) is 0 Å². The molecule has 0 aromatic rings. The number of carbonyl (C=O) groups is 2. The van der Waals surface area contributed by atoms with Crippen molar-refractivity contribution >= 4 is 19.8 Å². The van der Waals surface area contributed by atoms with E-state index in [1.54, 1.807) is 0 Å². The van der Waals surface area contributed by atoms with Crippen LogP contribution in [-0.2, 0) is 28.2 Å². The van der Waals surface area contributed by atoms with Crippen LogP contribution in [0.4, 0.5) is 0 Å². The summed E-state index contributed by atoms with van der Waals surface area (Å²) in [4.78, 5) is 42.7. The molecule has 0 saturated heterocycles. The van der Waals surface area contributed by atoms with Crippen LogP contribution in [0.15, 0.2) is 60.8 Å². The standard InChI is InChI=1S/C42H73O8P/c1-3-5-7-9-11-13-15-17-18-19-20-21-22-23-25-26-28-30-32-34-36-41(43)48-38-40(39-49-51(45,46)47)50-42(44)37-35-33-31-29-27-24-16-14-12-10-8-6-4-2/h5,7,11,13,17-18,24,27,31,33,40H,3-4,6,8-10,12,14-16,19-23,25-26,28-30,32,34-39H2,1-2H3,(H2,45,46,47)/b7-5+,13-11+,18-17+,27-24+,33-31+. The van der Waals surface area contributed by atoms with Crippen molar-refractivity contribution in [3.8, 4) is 0 Å². The van der Waals surface area contributed by atoms with Crippen LogP contribution >= 0.6 is 7.82 Å². The molecular formula is C42H73O8P. The molecule has 0 fully saturated rings. The summed E-state index contributed by atoms with van der Waals surface area (Å²) in [5.74, 6) is -0.970. The fourth-order valence-electron chi connectivity index (χ4n) is 5.32. The van der Waals surface area contributed by atoms with Gasteiger partial charge in [0, 0.05) is 12.8 Å². The molecule has 51 heavy (non-hydrogen) atoms. The molecule has 1 unspecified atom stereocenters. The lowest BCUT2D eigenvalue weighted by molar-refractivity contribution is -0.161. The maximum Gasteiger partial charge on any atom is 0.469 e. The van der Waals surface area contributed by atoms with E-state index in [9.17, 15) is 14.2 Å². The molecule has 0 aromatic carbocycles. The van der Waals surface area contributed by atoms with Crippen molar-refractivity contribution in [2.45, 2.75) is 180 Å². The highest BCUT2D eigenvalue weighted by Gasteiger charge is 2.22. The first-order chi connectivity index (χ1) is 24.8. The lowest BCUT2D eigenvalue weighted by Gasteiger charge is -2.18. The highest BCUT2D eigenvalue weighted by Crippen LogP contribution is 2.36. The van der Waals surface area contributed by atoms with Crippen molar-refractivity contribution in [1.82, 2.24) is 0 Å². The number of carbonyl (C=O) groups excluding carboxylic acids is 2. The molecular weight excluding hydrogens is 663 g/mol. The largest absolute Gasteiger partial charge is 0.469 e. The van der Waals surface area contributed by atoms with E-state index >= 15 is 0 Å². The second kappa shape index (κ2) is 37.5. The minimum Gasteiger partial charge on any atom is -0.462 e. The third kappa shape index (κ3) is 40.4. The summed E-state index contributed by atoms with van der Waals surface area (Å²) in [7, 11) is -4.77. The Kier molecular flexibility index (Phi) is 35.9. The zero-order chi connectivity index (χ0) is 37.5. The molecule has 0 bridgehead atoms. The lowest BCUT2D eigenvalue weighted by atomic mass is 10.1. The molecule has 0 aromatic heterocycles. The molecule has 0 aliphatic heterocycles. The zero-order valence-corrected chi connectivity index (χ0v) is 33.1. The van der Waals surface area contributed by atoms with Crippen LogP contribution in [0, 0.1) is 0 Å². The Labute approximate surface area is 311 Å². The molecule has 1 atom stereocenters. The van der Waals surface area contributed by atoms with Gasteiger partial charge in [-0.1, -0.05) is 158 Å². The minimum atomic E-state index is -4.77. The molecule has 0 aliphatic carbocycles. The van der Waals surface area contributed by atoms with Gasteiger partial charge in [-0.15, -0.1) is 0 Å². The van der Waals surface area contributed by atoms with E-state index in [1.165, 1.54) is 77.0 Å². The Bertz CT molecular complexity index is 1010. The maximum absolute atomic E-state index is 12.3. The summed E-state index contributed by atoms with van der Waals surface area (Å²) in [6.45, 7) is 3.50. The second-order valence-corrected chi connectivity index (χ2v) is 14.5. The number of hydrogen-bond acceptors (Lipinski definition) is 6. The first kappa shape index (κ1) is 48.8. The fourth-order valence-corrected chi connectivity index (χ4v) is 5.68. The van der Waals surface area contributed by atoms with E-state index in [0.29, 0.717) is 12.8 Å². The van der Waals surface area contributed by atoms with Crippen molar-refractivity contribution in [2.75, 3.05) is 13.2 Å². The normalized spacial score (nSPS) is 13.1. The predicted octanol–water partition coefficient (Wildman–Crippen LogP) is 12.1. The molecule has 0 aliphatic rings. The van der Waals surface area contributed by atoms with Crippen LogP contribution in [0.1, 0.15) is 174 Å². The number of hydrogen-bond donors (Lipinski definition) is 2. The summed E-state index contributed by atoms with van der Waals surface area (Å²) in [5, 5.41) is 0. The lowest BCUT2D eigenvalue weighted by Crippen LogP contribution is -2.29. The number of unbranched alkanes of at least 4 members (excludes halogenated alkanes) is 16. The highest BCUT2D eigenvalue weighted by atomic mass is 31.2. The van der Waals surface area contributed by atoms with Crippen LogP contribution in [0.25, 0.3) is 0 Å². The van der Waals surface area contributed by atoms with E-state index in [0.717, 1.165) is 57.8 Å². The van der Waals surface area contributed by atoms with Gasteiger partial charge in [0.2, 0.25) is 0 Å². The highest BCUT2D eigenvalue weighted by molar-refractivity contribution is 7.46. The van der Waals surface area contributed by atoms with Crippen LogP contribution in [0.5, 0.6) is 0 Å². The number of rotatable bonds is 36. The van der Waals surface area contributed by atoms with Gasteiger partial charge in [-0.25, -0.2) is 4.57 Å². The van der Waals surface area contributed by atoms with Gasteiger partial charge in [0.1, 0.15) is 6.61 Å². The van der Waals surface area contributed by atoms with E-state index in [-0.39, 0.29) is 19.4 Å². The van der Waals surface area contributed by atoms with E-state index in [1.807, 2.05) is 12.2 Å². The van der Waals surface area contributed by atoms with Gasteiger partial charge in [0.25, 0.3) is 0 Å². The summed E-state index contributed by atoms with van der Waals surface area (Å²) in [6.07, 6.45) is 46.7. The molecule has 0 saturated carbocycles. The molecule has 0 rings (SSSR count). The molecule has 8 nitrogen and oxygen atoms in total. The number of phosphoric ester groups is 1. The topological polar surface area (TPSA) is 119 Å². The van der Waals surface area contributed by atoms with Crippen LogP contribution < -0.4 is 0 Å². The summed E-state index contributed by atoms with van der Waals surface area (Å²) < 4.78 is 26.3. The molecule has 0 radical (unpaired) electrons. The Morgan fingerprint density at radius 1 is 0.529 bits per heavy atom. The quantitative estimate of drug-likeness (QED) is 0.0282. The fraction of sp³-hybridized carbons (Fsp3) is 0.714. The van der Waals surface area contributed by atoms with Gasteiger partial charge in [0.05, 0.1) is 6.61 Å². The van der Waals surface area contributed by atoms with Crippen molar-refractivity contribution in [3.63, 3.8) is 0 Å². The Hall–Kier alpha value is -2.25. The molecule has 294 valence electrons. The number of esters is 2. The van der Waals surface area contributed by atoms with E-state index in [4.69, 9.17) is 19.3 Å². The maximum atomic E-state index is 12.3. The van der Waals surface area contributed by atoms with Crippen molar-refractivity contribution in [3.05, 3.63) is 60.8 Å². The Balaban J connectivity index is 3.97. The second-order valence-electron chi connectivity index (χ2n) is 13.2. The zero-order valence-electron chi connectivity index (χ0n) is 32.2. The van der Waals surface area contributed by atoms with E-state index in [2.05, 4.69) is 67.0 Å². The number of phosphoric acid groups is 1. The summed E-state index contributed by atoms with van der Waals surface area (Å²) >= 11 is 0. The predicted molar refractivity (Wildman–Crippen MR) is 211 cm³/mol. The average Bonchev–Trinajstić information content (AvgIpc) is 3.10. The molecule has 0 amide bonds. The minimum absolute atomic E-state index is 0.103. The first-order valence-corrected chi connectivity index (χ1v) is 21.6. The van der Waals surface area contributed by atoms with Crippen molar-refractivity contribution in [1.29, 1.82) is 0 Å². The van der Waals surface area contributed by atoms with Crippen molar-refractivity contribution < 1.29 is 37.9 Å². The molecule has 0 heterocycles. The van der Waals surface area contributed by atoms with E-state index < -0.39 is 32.5 Å². The van der Waals surface area contributed by atoms with Crippen molar-refractivity contribution in [2.24, 2.45) is 0 Å². The Morgan fingerprint density at radius 2 is 0.980 bits per heavy atom. The van der Waals surface area contributed by atoms with Crippen LogP contribution in [0.2, 0.25) is 0 Å². The third-order valence-electron chi connectivity index (χ3n) is 8.28. The molecule has 0 spiro atoms. The van der Waals surface area contributed by atoms with Gasteiger partial charge in [-0.05, 0) is 64.2 Å². The monoisotopic (exact) mass is 737 g/mol. The Morgan fingerprint density at radius 3 is 1.49 bits per heavy atom. The number of allylic oxidation sites excluding steroid dienone is 10.